The summed E-state index contributed by atoms with van der Waals surface area (Å²) in [4.78, 5) is 10.9. The smallest absolute Gasteiger partial charge is 0.494 e. The number of hydrogen-bond donors (Lipinski definition) is 0. The summed E-state index contributed by atoms with van der Waals surface area (Å²) in [5, 5.41) is 14.7. The van der Waals surface area contributed by atoms with Crippen LogP contribution in [0.2, 0.25) is 0 Å². The molecule has 0 aliphatic heterocycles. The maximum Gasteiger partial charge on any atom is 1.00 e. The third kappa shape index (κ3) is 35.3. The fourth-order valence-electron chi connectivity index (χ4n) is 21.6. The van der Waals surface area contributed by atoms with Crippen LogP contribution in [0.25, 0.3) is 17.2 Å². The van der Waals surface area contributed by atoms with Gasteiger partial charge in [-0.3, -0.25) is 4.79 Å². The Hall–Kier alpha value is -4.03. The van der Waals surface area contributed by atoms with Gasteiger partial charge in [0.05, 0.1) is 30.4 Å². The summed E-state index contributed by atoms with van der Waals surface area (Å²) in [6.07, 6.45) is 49.6. The number of hydrogen-bond acceptors (Lipinski definition) is 4. The van der Waals surface area contributed by atoms with Gasteiger partial charge < -0.3 is 14.6 Å². The molecule has 756 valence electrons. The molecule has 0 spiro atoms. The zero-order valence-corrected chi connectivity index (χ0v) is 96.5. The summed E-state index contributed by atoms with van der Waals surface area (Å²) in [6.45, 7) is 17.7. The first-order valence-corrected chi connectivity index (χ1v) is 59.5. The zero-order chi connectivity index (χ0) is 100. The summed E-state index contributed by atoms with van der Waals surface area (Å²) in [7, 11) is 1.44. The number of allylic oxidation sites excluding steroid dienone is 1. The van der Waals surface area contributed by atoms with Gasteiger partial charge in [0.2, 0.25) is 0 Å². The maximum atomic E-state index is 15.4. The number of aldehydes is 1. The summed E-state index contributed by atoms with van der Waals surface area (Å²) in [6, 6.07) is 58.0. The molecule has 0 radical (unpaired) electrons. The summed E-state index contributed by atoms with van der Waals surface area (Å²) in [5.41, 5.74) is -2.00. The van der Waals surface area contributed by atoms with Crippen LogP contribution in [0.15, 0.2) is 206 Å². The number of benzene rings is 9. The molecule has 0 heterocycles. The average Bonchev–Trinajstić information content (AvgIpc) is 0.709. The van der Waals surface area contributed by atoms with E-state index in [0.29, 0.717) is 50.5 Å². The number of halogens is 15. The van der Waals surface area contributed by atoms with Gasteiger partial charge in [-0.25, -0.2) is 26.3 Å². The first-order valence-electron chi connectivity index (χ1n) is 51.2. The van der Waals surface area contributed by atoms with Gasteiger partial charge >= 0.3 is 260 Å². The van der Waals surface area contributed by atoms with Crippen molar-refractivity contribution < 1.29 is 115 Å². The van der Waals surface area contributed by atoms with Crippen molar-refractivity contribution in [3.05, 3.63) is 280 Å². The van der Waals surface area contributed by atoms with E-state index >= 15 is 22.0 Å². The molecule has 4 nitrogen and oxygen atoms in total. The molecular formula is C118H149Br4F10IKO4P. The summed E-state index contributed by atoms with van der Waals surface area (Å²) < 4.78 is 155. The molecule has 9 aromatic rings. The van der Waals surface area contributed by atoms with Crippen LogP contribution in [0.5, 0.6) is 11.5 Å². The Bertz CT molecular complexity index is 5080. The van der Waals surface area contributed by atoms with Crippen molar-refractivity contribution in [1.29, 1.82) is 0 Å². The van der Waals surface area contributed by atoms with E-state index in [2.05, 4.69) is 217 Å². The second-order valence-electron chi connectivity index (χ2n) is 40.3. The molecule has 0 bridgehead atoms. The Labute approximate surface area is 915 Å². The number of fused-ring (bicyclic) bond motifs is 3. The van der Waals surface area contributed by atoms with E-state index in [0.717, 1.165) is 126 Å². The number of alkyl halides is 4. The molecule has 21 heteroatoms. The summed E-state index contributed by atoms with van der Waals surface area (Å²) in [5.74, 6) is -6.05. The molecule has 0 aromatic heterocycles. The predicted octanol–water partition coefficient (Wildman–Crippen LogP) is 34.3. The van der Waals surface area contributed by atoms with Crippen molar-refractivity contribution in [1.82, 2.24) is 0 Å². The molecule has 6 aliphatic rings. The van der Waals surface area contributed by atoms with Crippen molar-refractivity contribution in [3.8, 4) is 22.6 Å². The molecular weight excluding hydrogens is 2190 g/mol. The van der Waals surface area contributed by atoms with Gasteiger partial charge in [-0.15, -0.1) is 5.60 Å². The third-order valence-corrected chi connectivity index (χ3v) is 42.8. The number of ether oxygens (including phenoxy) is 2. The minimum Gasteiger partial charge on any atom is -0.494 e. The van der Waals surface area contributed by atoms with Crippen LogP contribution in [-0.2, 0) is 31.1 Å². The number of rotatable bonds is 30. The SMILES string of the molecule is CC(C)(C)[O-].CCCC1CCC(/C=C/c2ccc(Br)cc2F)CC1.CCCC1CCC(CCc2ccc(Br)c(C=O)c2F)CC1.CCCC1CCC(CCc2ccc(Br)cc2F)CC1.CCCC1CCC(CCc2ccc3c(c2F)C(F)(F)C(F)(F)c2c-3ccc(OCC)c2F)CC1.CCCC1CCC(CP(I)(c2ccccc2)(c2ccccc2)c2ccccc2)CC1.COc1ccc(Br)cc1F.[K+]. The molecule has 15 rings (SSSR count). The van der Waals surface area contributed by atoms with E-state index in [1.807, 2.05) is 30.3 Å². The topological polar surface area (TPSA) is 58.6 Å². The maximum absolute atomic E-state index is 15.4. The molecule has 9 aromatic carbocycles. The van der Waals surface area contributed by atoms with E-state index < -0.39 is 61.3 Å². The van der Waals surface area contributed by atoms with Crippen LogP contribution < -0.4 is 81.9 Å². The minimum atomic E-state index is -4.93. The van der Waals surface area contributed by atoms with E-state index in [1.165, 1.54) is 221 Å². The van der Waals surface area contributed by atoms with E-state index in [4.69, 9.17) is 9.47 Å². The first kappa shape index (κ1) is 120. The van der Waals surface area contributed by atoms with Crippen LogP contribution >= 0.6 is 90.0 Å². The van der Waals surface area contributed by atoms with Gasteiger partial charge in [-0.2, -0.15) is 17.6 Å². The number of methoxy groups -OCH3 is 1. The number of aryl methyl sites for hydroxylation is 3. The van der Waals surface area contributed by atoms with E-state index in [-0.39, 0.29) is 105 Å². The van der Waals surface area contributed by atoms with E-state index in [1.54, 1.807) is 51.1 Å². The standard InChI is InChI=1S/C28H34IP.C27H30F6O.C18H24BrFO.C17H24BrF.C17H22BrF.C7H6BrFO.C4H9O.K/c1-2-12-24-19-21-25(22-20-24)23-30(29,26-13-6-3-7-14-26,27-15-8-4-9-16-27)28-17-10-5-11-18-28;1-3-5-16-6-8-17(9-7-16)10-11-18-12-13-19-20-14-15-21(34-4-2)25(29)23(20)27(32,33)26(30,31)22(19)24(18)28;1-2-3-13-4-6-14(7-5-13)8-9-15-10-11-17(19)16(12-21)18(15)20;2*1-2-3-13-4-6-14(7-5-13)8-9-15-10-11-16(18)12-17(15)19;1-10-7-3-2-5(8)4-6(7)9;1-4(2,3)5;/h3-11,13-18,24-25H,2,12,19-23H2,1H3;12-17H,3-11H2,1-2H3;10-14H,2-9H2,1H3;10-14H,2-9H2,1H3;8-14H,2-7H2,1H3;2-4H,1H3;1-3H3;/q;;;;;;-1;+1/b;;;;9-8+;;;. The quantitative estimate of drug-likeness (QED) is 0.0148. The normalized spacial score (nSPS) is 21.0. The first-order chi connectivity index (χ1) is 66.0. The van der Waals surface area contributed by atoms with Crippen LogP contribution in [0.3, 0.4) is 0 Å². The van der Waals surface area contributed by atoms with Crippen molar-refractivity contribution in [2.24, 2.45) is 59.2 Å². The molecule has 5 fully saturated rings. The van der Waals surface area contributed by atoms with Gasteiger partial charge in [-0.1, -0.05) is 267 Å². The Balaban J connectivity index is 0.000000208. The van der Waals surface area contributed by atoms with Crippen LogP contribution in [0, 0.1) is 94.1 Å². The van der Waals surface area contributed by atoms with Crippen molar-refractivity contribution >= 4 is 118 Å². The molecule has 0 atom stereocenters. The Kier molecular flexibility index (Phi) is 51.7. The van der Waals surface area contributed by atoms with Gasteiger partial charge in [0, 0.05) is 23.5 Å². The predicted molar refractivity (Wildman–Crippen MR) is 579 cm³/mol. The molecule has 139 heavy (non-hydrogen) atoms. The van der Waals surface area contributed by atoms with Crippen molar-refractivity contribution in [3.63, 3.8) is 0 Å². The molecule has 0 unspecified atom stereocenters. The average molecular weight is 2340 g/mol. The van der Waals surface area contributed by atoms with Gasteiger partial charge in [-0.05, 0) is 223 Å². The van der Waals surface area contributed by atoms with Crippen LogP contribution in [0.4, 0.5) is 43.9 Å². The van der Waals surface area contributed by atoms with Gasteiger partial charge in [0.1, 0.15) is 23.3 Å². The fourth-order valence-corrected chi connectivity index (χ4v) is 32.8. The number of carbonyl (C=O) groups is 1. The molecule has 6 aliphatic carbocycles. The third-order valence-electron chi connectivity index (χ3n) is 29.1. The minimum absolute atomic E-state index is 0. The Morgan fingerprint density at radius 2 is 0.727 bits per heavy atom. The Morgan fingerprint density at radius 3 is 1.10 bits per heavy atom. The second-order valence-corrected chi connectivity index (χ2v) is 54.6. The number of carbonyl (C=O) groups excluding carboxylic acids is 1. The fraction of sp³-hybridized carbons (Fsp3) is 0.517. The van der Waals surface area contributed by atoms with Gasteiger partial charge in [0.15, 0.2) is 29.4 Å². The summed E-state index contributed by atoms with van der Waals surface area (Å²) >= 11 is 15.9. The van der Waals surface area contributed by atoms with Crippen LogP contribution in [-0.4, -0.2) is 31.8 Å². The molecule has 0 amide bonds. The second kappa shape index (κ2) is 59.8. The van der Waals surface area contributed by atoms with Crippen molar-refractivity contribution in [2.75, 3.05) is 19.9 Å². The molecule has 0 N–H and O–H groups in total. The zero-order valence-electron chi connectivity index (χ0n) is 83.9. The Morgan fingerprint density at radius 1 is 0.403 bits per heavy atom. The molecule has 0 saturated heterocycles. The largest absolute Gasteiger partial charge is 1.00 e. The monoisotopic (exact) mass is 2330 g/mol. The van der Waals surface area contributed by atoms with Crippen molar-refractivity contribution in [2.45, 2.75) is 311 Å². The van der Waals surface area contributed by atoms with E-state index in [9.17, 15) is 31.9 Å². The van der Waals surface area contributed by atoms with Gasteiger partial charge in [0.25, 0.3) is 0 Å². The molecule has 5 saturated carbocycles. The van der Waals surface area contributed by atoms with Crippen LogP contribution in [0.1, 0.15) is 318 Å².